The summed E-state index contributed by atoms with van der Waals surface area (Å²) < 4.78 is 47.3. The number of fused-ring (bicyclic) bond motifs is 1. The van der Waals surface area contributed by atoms with E-state index in [9.17, 15) is 18.0 Å². The molecular weight excluding hydrogens is 485 g/mol. The number of nitrogens with two attached hydrogens (primary N) is 1. The number of likely N-dealkylation sites (tertiary alicyclic amines) is 1. The summed E-state index contributed by atoms with van der Waals surface area (Å²) in [6.07, 6.45) is 0.209. The maximum atomic E-state index is 13.8. The lowest BCUT2D eigenvalue weighted by Crippen LogP contribution is -2.38. The summed E-state index contributed by atoms with van der Waals surface area (Å²) in [5.41, 5.74) is 6.84. The van der Waals surface area contributed by atoms with Gasteiger partial charge < -0.3 is 15.8 Å². The molecule has 1 fully saturated rings. The van der Waals surface area contributed by atoms with Crippen LogP contribution in [0.25, 0.3) is 0 Å². The van der Waals surface area contributed by atoms with Crippen molar-refractivity contribution >= 4 is 23.2 Å². The highest BCUT2D eigenvalue weighted by atomic mass is 19.4. The maximum Gasteiger partial charge on any atom is 0.416 e. The van der Waals surface area contributed by atoms with Crippen LogP contribution in [0, 0.1) is 0 Å². The van der Waals surface area contributed by atoms with Crippen molar-refractivity contribution in [1.29, 1.82) is 0 Å². The van der Waals surface area contributed by atoms with Crippen molar-refractivity contribution in [2.45, 2.75) is 38.4 Å². The molecule has 11 heteroatoms. The molecule has 5 rings (SSSR count). The number of carbonyl (C=O) groups is 1. The number of aryl methyl sites for hydroxylation is 1. The van der Waals surface area contributed by atoms with E-state index in [1.165, 1.54) is 29.4 Å². The number of nitrogen functional groups attached to an aromatic ring is 1. The molecule has 0 unspecified atom stereocenters. The van der Waals surface area contributed by atoms with Crippen LogP contribution in [0.2, 0.25) is 0 Å². The van der Waals surface area contributed by atoms with Crippen molar-refractivity contribution in [3.8, 4) is 11.6 Å². The van der Waals surface area contributed by atoms with Crippen LogP contribution in [-0.4, -0.2) is 40.5 Å². The zero-order chi connectivity index (χ0) is 26.0. The first-order valence-corrected chi connectivity index (χ1v) is 12.2. The van der Waals surface area contributed by atoms with Crippen molar-refractivity contribution in [1.82, 2.24) is 14.9 Å². The molecule has 3 heterocycles. The monoisotopic (exact) mass is 512 g/mol. The molecular formula is C26H27F3N6O2. The molecule has 2 aromatic carbocycles. The van der Waals surface area contributed by atoms with Crippen LogP contribution in [0.4, 0.5) is 35.2 Å². The first-order valence-electron chi connectivity index (χ1n) is 12.2. The number of aromatic nitrogens is 2. The zero-order valence-electron chi connectivity index (χ0n) is 20.1. The Labute approximate surface area is 212 Å². The van der Waals surface area contributed by atoms with Crippen LogP contribution in [0.5, 0.6) is 11.6 Å². The van der Waals surface area contributed by atoms with Crippen molar-refractivity contribution in [2.75, 3.05) is 35.6 Å². The predicted molar refractivity (Wildman–Crippen MR) is 134 cm³/mol. The Morgan fingerprint density at radius 2 is 1.84 bits per heavy atom. The number of nitrogens with one attached hydrogen (secondary N) is 1. The Bertz CT molecular complexity index is 1290. The SMILES string of the molecule is Nc1cc(Oc2ccc3c(c2)CCCN3C(=O)Nc2ccc(CN3CCCC3)c(C(F)(F)F)c2)ncn1. The Balaban J connectivity index is 1.32. The van der Waals surface area contributed by atoms with Gasteiger partial charge in [0, 0.05) is 30.5 Å². The Morgan fingerprint density at radius 3 is 2.59 bits per heavy atom. The van der Waals surface area contributed by atoms with E-state index in [2.05, 4.69) is 15.3 Å². The normalized spacial score (nSPS) is 15.9. The van der Waals surface area contributed by atoms with Gasteiger partial charge in [-0.15, -0.1) is 0 Å². The van der Waals surface area contributed by atoms with Gasteiger partial charge in [0.05, 0.1) is 5.56 Å². The topological polar surface area (TPSA) is 96.6 Å². The fourth-order valence-electron chi connectivity index (χ4n) is 4.81. The molecule has 2 amide bonds. The fraction of sp³-hybridized carbons (Fsp3) is 0.346. The van der Waals surface area contributed by atoms with E-state index in [4.69, 9.17) is 10.5 Å². The van der Waals surface area contributed by atoms with Gasteiger partial charge in [-0.1, -0.05) is 6.07 Å². The number of halogens is 3. The second-order valence-corrected chi connectivity index (χ2v) is 9.21. The molecule has 3 aromatic rings. The van der Waals surface area contributed by atoms with Crippen molar-refractivity contribution < 1.29 is 22.7 Å². The number of alkyl halides is 3. The molecule has 0 radical (unpaired) electrons. The number of urea groups is 1. The second kappa shape index (κ2) is 10.3. The summed E-state index contributed by atoms with van der Waals surface area (Å²) in [6.45, 7) is 2.28. The third-order valence-electron chi connectivity index (χ3n) is 6.56. The van der Waals surface area contributed by atoms with Gasteiger partial charge in [0.2, 0.25) is 5.88 Å². The molecule has 0 bridgehead atoms. The Morgan fingerprint density at radius 1 is 1.03 bits per heavy atom. The van der Waals surface area contributed by atoms with Gasteiger partial charge in [-0.25, -0.2) is 14.8 Å². The molecule has 8 nitrogen and oxygen atoms in total. The van der Waals surface area contributed by atoms with E-state index in [1.54, 1.807) is 12.1 Å². The molecule has 2 aliphatic heterocycles. The average molecular weight is 513 g/mol. The van der Waals surface area contributed by atoms with Gasteiger partial charge in [0.1, 0.15) is 17.9 Å². The lowest BCUT2D eigenvalue weighted by Gasteiger charge is -2.30. The average Bonchev–Trinajstić information content (AvgIpc) is 3.37. The molecule has 0 spiro atoms. The first-order chi connectivity index (χ1) is 17.8. The fourth-order valence-corrected chi connectivity index (χ4v) is 4.81. The molecule has 194 valence electrons. The van der Waals surface area contributed by atoms with Crippen LogP contribution in [0.1, 0.15) is 36.0 Å². The minimum Gasteiger partial charge on any atom is -0.439 e. The smallest absolute Gasteiger partial charge is 0.416 e. The van der Waals surface area contributed by atoms with Gasteiger partial charge >= 0.3 is 12.2 Å². The quantitative estimate of drug-likeness (QED) is 0.472. The van der Waals surface area contributed by atoms with Crippen LogP contribution in [-0.2, 0) is 19.1 Å². The van der Waals surface area contributed by atoms with Crippen LogP contribution < -0.4 is 20.7 Å². The maximum absolute atomic E-state index is 13.8. The molecule has 0 aliphatic carbocycles. The first kappa shape index (κ1) is 24.8. The van der Waals surface area contributed by atoms with Gasteiger partial charge in [-0.3, -0.25) is 9.80 Å². The van der Waals surface area contributed by atoms with E-state index in [-0.39, 0.29) is 23.6 Å². The number of anilines is 3. The molecule has 37 heavy (non-hydrogen) atoms. The van der Waals surface area contributed by atoms with Gasteiger partial charge in [-0.05, 0) is 80.2 Å². The van der Waals surface area contributed by atoms with E-state index in [1.807, 2.05) is 11.0 Å². The summed E-state index contributed by atoms with van der Waals surface area (Å²) in [4.78, 5) is 24.5. The van der Waals surface area contributed by atoms with Crippen LogP contribution in [0.3, 0.4) is 0 Å². The van der Waals surface area contributed by atoms with Crippen LogP contribution in [0.15, 0.2) is 48.8 Å². The lowest BCUT2D eigenvalue weighted by atomic mass is 10.0. The lowest BCUT2D eigenvalue weighted by molar-refractivity contribution is -0.138. The van der Waals surface area contributed by atoms with Gasteiger partial charge in [0.25, 0.3) is 0 Å². The number of hydrogen-bond donors (Lipinski definition) is 2. The third-order valence-corrected chi connectivity index (χ3v) is 6.56. The number of amides is 2. The number of rotatable bonds is 5. The Hall–Kier alpha value is -3.86. The summed E-state index contributed by atoms with van der Waals surface area (Å²) in [7, 11) is 0. The predicted octanol–water partition coefficient (Wildman–Crippen LogP) is 5.45. The van der Waals surface area contributed by atoms with Crippen LogP contribution >= 0.6 is 0 Å². The summed E-state index contributed by atoms with van der Waals surface area (Å²) in [5.74, 6) is 1.11. The molecule has 0 saturated carbocycles. The summed E-state index contributed by atoms with van der Waals surface area (Å²) in [5, 5.41) is 2.66. The second-order valence-electron chi connectivity index (χ2n) is 9.21. The number of carbonyl (C=O) groups excluding carboxylic acids is 1. The molecule has 0 atom stereocenters. The molecule has 3 N–H and O–H groups in total. The molecule has 2 aliphatic rings. The van der Waals surface area contributed by atoms with E-state index >= 15 is 0 Å². The number of nitrogens with zero attached hydrogens (tertiary/aromatic N) is 4. The van der Waals surface area contributed by atoms with Crippen molar-refractivity contribution in [2.24, 2.45) is 0 Å². The van der Waals surface area contributed by atoms with Crippen molar-refractivity contribution in [3.05, 3.63) is 65.5 Å². The third kappa shape index (κ3) is 5.77. The number of hydrogen-bond acceptors (Lipinski definition) is 6. The summed E-state index contributed by atoms with van der Waals surface area (Å²) >= 11 is 0. The highest BCUT2D eigenvalue weighted by Crippen LogP contribution is 2.36. The van der Waals surface area contributed by atoms with E-state index in [0.29, 0.717) is 30.3 Å². The van der Waals surface area contributed by atoms with E-state index < -0.39 is 17.8 Å². The Kier molecular flexibility index (Phi) is 6.88. The number of benzene rings is 2. The minimum absolute atomic E-state index is 0.107. The minimum atomic E-state index is -4.52. The number of ether oxygens (including phenoxy) is 1. The molecule has 1 aromatic heterocycles. The zero-order valence-corrected chi connectivity index (χ0v) is 20.1. The summed E-state index contributed by atoms with van der Waals surface area (Å²) in [6, 6.07) is 10.3. The standard InChI is InChI=1S/C26H27F3N6O2/c27-26(28,29)21-13-19(6-5-18(21)15-34-9-1-2-10-34)33-25(36)35-11-3-4-17-12-20(7-8-22(17)35)37-24-14-23(30)31-16-32-24/h5-8,12-14,16H,1-4,9-11,15H2,(H,33,36)(H2,30,31,32). The highest BCUT2D eigenvalue weighted by molar-refractivity contribution is 6.02. The molecule has 1 saturated heterocycles. The van der Waals surface area contributed by atoms with E-state index in [0.717, 1.165) is 44.0 Å². The van der Waals surface area contributed by atoms with Crippen molar-refractivity contribution in [3.63, 3.8) is 0 Å². The largest absolute Gasteiger partial charge is 0.439 e. The van der Waals surface area contributed by atoms with Gasteiger partial charge in [0.15, 0.2) is 0 Å². The van der Waals surface area contributed by atoms with Gasteiger partial charge in [-0.2, -0.15) is 13.2 Å². The highest BCUT2D eigenvalue weighted by Gasteiger charge is 2.34.